The quantitative estimate of drug-likeness (QED) is 0.315. The third-order valence-corrected chi connectivity index (χ3v) is 5.38. The summed E-state index contributed by atoms with van der Waals surface area (Å²) in [5.41, 5.74) is 11.7. The van der Waals surface area contributed by atoms with E-state index in [4.69, 9.17) is 11.5 Å². The van der Waals surface area contributed by atoms with Crippen molar-refractivity contribution in [3.8, 4) is 0 Å². The number of hydrogen-bond donors (Lipinski definition) is 4. The summed E-state index contributed by atoms with van der Waals surface area (Å²) in [6, 6.07) is -0.575. The van der Waals surface area contributed by atoms with Gasteiger partial charge in [0.15, 0.2) is 0 Å². The number of nitrogens with one attached hydrogen (secondary N) is 2. The molecule has 1 heterocycles. The number of anilines is 2. The Kier molecular flexibility index (Phi) is 7.87. The van der Waals surface area contributed by atoms with Crippen molar-refractivity contribution in [2.45, 2.75) is 57.1 Å². The molecular weight excluding hydrogens is 384 g/mol. The van der Waals surface area contributed by atoms with E-state index in [2.05, 4.69) is 20.6 Å². The van der Waals surface area contributed by atoms with Gasteiger partial charge in [0.1, 0.15) is 11.4 Å². The molecule has 1 aromatic rings. The van der Waals surface area contributed by atoms with E-state index < -0.39 is 34.5 Å². The van der Waals surface area contributed by atoms with Crippen LogP contribution in [0.5, 0.6) is 0 Å². The largest absolute Gasteiger partial charge is 0.839 e. The summed E-state index contributed by atoms with van der Waals surface area (Å²) >= 11 is -2.12. The molecule has 1 amide bonds. The van der Waals surface area contributed by atoms with Crippen LogP contribution >= 0.6 is 0 Å². The number of amides is 1. The molecule has 0 aromatic carbocycles. The molecule has 0 saturated heterocycles. The highest BCUT2D eigenvalue weighted by molar-refractivity contribution is 7.79. The number of carbonyl (C=O) groups is 1. The Morgan fingerprint density at radius 1 is 1.46 bits per heavy atom. The number of rotatable bonds is 9. The van der Waals surface area contributed by atoms with Gasteiger partial charge in [-0.25, -0.2) is 4.98 Å². The molecule has 0 fully saturated rings. The summed E-state index contributed by atoms with van der Waals surface area (Å²) in [7, 11) is 0. The average Bonchev–Trinajstić information content (AvgIpc) is 2.61. The summed E-state index contributed by atoms with van der Waals surface area (Å²) in [6.07, 6.45) is 3.56. The van der Waals surface area contributed by atoms with Crippen molar-refractivity contribution in [2.75, 3.05) is 10.6 Å². The molecule has 6 N–H and O–H groups in total. The summed E-state index contributed by atoms with van der Waals surface area (Å²) in [5, 5.41) is 17.3. The molecule has 0 bridgehead atoms. The van der Waals surface area contributed by atoms with Crippen LogP contribution in [0.1, 0.15) is 49.9 Å². The van der Waals surface area contributed by atoms with Crippen LogP contribution in [0.3, 0.4) is 0 Å². The van der Waals surface area contributed by atoms with Crippen molar-refractivity contribution in [2.24, 2.45) is 17.4 Å². The van der Waals surface area contributed by atoms with Crippen LogP contribution in [-0.4, -0.2) is 42.2 Å². The lowest BCUT2D eigenvalue weighted by Gasteiger charge is -2.30. The Balaban J connectivity index is 2.21. The fourth-order valence-electron chi connectivity index (χ4n) is 2.93. The van der Waals surface area contributed by atoms with Crippen molar-refractivity contribution in [1.82, 2.24) is 9.97 Å². The van der Waals surface area contributed by atoms with E-state index in [1.54, 1.807) is 6.08 Å². The minimum absolute atomic E-state index is 0.0906. The molecule has 11 heteroatoms. The Bertz CT molecular complexity index is 755. The molecule has 2 rings (SSSR count). The first kappa shape index (κ1) is 22.2. The van der Waals surface area contributed by atoms with E-state index in [-0.39, 0.29) is 23.2 Å². The molecule has 0 radical (unpaired) electrons. The topological polar surface area (TPSA) is 182 Å². The lowest BCUT2D eigenvalue weighted by atomic mass is 10.0. The number of hydrogen-bond acceptors (Lipinski definition) is 9. The fraction of sp³-hybridized carbons (Fsp3) is 0.588. The SMILES string of the molecule is CC(C)CC(Nc1ncc(C(N)=O)c(NC2=CCC(S(=O)[O-])CC2)n1)C(N)[O-]. The van der Waals surface area contributed by atoms with Crippen molar-refractivity contribution in [3.63, 3.8) is 0 Å². The second-order valence-electron chi connectivity index (χ2n) is 7.18. The van der Waals surface area contributed by atoms with E-state index in [9.17, 15) is 18.7 Å². The van der Waals surface area contributed by atoms with Crippen molar-refractivity contribution < 1.29 is 18.7 Å². The summed E-state index contributed by atoms with van der Waals surface area (Å²) in [6.45, 7) is 3.94. The third kappa shape index (κ3) is 6.23. The van der Waals surface area contributed by atoms with Crippen molar-refractivity contribution in [1.29, 1.82) is 0 Å². The molecule has 28 heavy (non-hydrogen) atoms. The van der Waals surface area contributed by atoms with E-state index in [1.165, 1.54) is 6.20 Å². The molecular formula is C17H26N6O4S-2. The van der Waals surface area contributed by atoms with Crippen LogP contribution in [0.2, 0.25) is 0 Å². The summed E-state index contributed by atoms with van der Waals surface area (Å²) < 4.78 is 22.1. The number of primary amides is 1. The van der Waals surface area contributed by atoms with Crippen LogP contribution in [0, 0.1) is 5.92 Å². The maximum Gasteiger partial charge on any atom is 0.254 e. The molecule has 10 nitrogen and oxygen atoms in total. The number of allylic oxidation sites excluding steroid dienone is 2. The molecule has 1 aliphatic rings. The van der Waals surface area contributed by atoms with Crippen LogP contribution in [-0.2, 0) is 11.1 Å². The normalized spacial score (nSPS) is 20.2. The van der Waals surface area contributed by atoms with Gasteiger partial charge in [-0.1, -0.05) is 37.2 Å². The average molecular weight is 411 g/mol. The van der Waals surface area contributed by atoms with Gasteiger partial charge in [0.2, 0.25) is 5.95 Å². The number of carbonyl (C=O) groups excluding carboxylic acids is 1. The van der Waals surface area contributed by atoms with Crippen LogP contribution in [0.4, 0.5) is 11.8 Å². The lowest BCUT2D eigenvalue weighted by molar-refractivity contribution is -0.422. The zero-order valence-corrected chi connectivity index (χ0v) is 16.7. The van der Waals surface area contributed by atoms with Gasteiger partial charge in [0.05, 0.1) is 0 Å². The van der Waals surface area contributed by atoms with Gasteiger partial charge in [0.25, 0.3) is 5.91 Å². The zero-order valence-electron chi connectivity index (χ0n) is 15.9. The van der Waals surface area contributed by atoms with E-state index in [1.807, 2.05) is 13.8 Å². The highest BCUT2D eigenvalue weighted by Gasteiger charge is 2.19. The third-order valence-electron chi connectivity index (χ3n) is 4.40. The molecule has 0 spiro atoms. The second-order valence-corrected chi connectivity index (χ2v) is 8.36. The highest BCUT2D eigenvalue weighted by Crippen LogP contribution is 2.24. The summed E-state index contributed by atoms with van der Waals surface area (Å²) in [4.78, 5) is 20.0. The number of nitrogens with two attached hydrogens (primary N) is 2. The Labute approximate surface area is 166 Å². The molecule has 0 aliphatic heterocycles. The van der Waals surface area contributed by atoms with Gasteiger partial charge in [-0.05, 0) is 31.6 Å². The van der Waals surface area contributed by atoms with Gasteiger partial charge in [-0.2, -0.15) is 4.98 Å². The fourth-order valence-corrected chi connectivity index (χ4v) is 3.49. The zero-order chi connectivity index (χ0) is 20.8. The first-order valence-corrected chi connectivity index (χ1v) is 10.2. The van der Waals surface area contributed by atoms with Crippen molar-refractivity contribution in [3.05, 3.63) is 23.5 Å². The monoisotopic (exact) mass is 410 g/mol. The van der Waals surface area contributed by atoms with Gasteiger partial charge >= 0.3 is 0 Å². The molecule has 0 saturated carbocycles. The molecule has 156 valence electrons. The minimum atomic E-state index is -2.12. The molecule has 1 aromatic heterocycles. The lowest BCUT2D eigenvalue weighted by Crippen LogP contribution is -2.50. The van der Waals surface area contributed by atoms with E-state index in [0.717, 1.165) is 5.70 Å². The maximum absolute atomic E-state index is 11.7. The molecule has 4 atom stereocenters. The highest BCUT2D eigenvalue weighted by atomic mass is 32.2. The Morgan fingerprint density at radius 3 is 2.68 bits per heavy atom. The predicted octanol–water partition coefficient (Wildman–Crippen LogP) is -0.225. The predicted molar refractivity (Wildman–Crippen MR) is 104 cm³/mol. The number of aromatic nitrogens is 2. The first-order chi connectivity index (χ1) is 13.2. The maximum atomic E-state index is 11.7. The first-order valence-electron chi connectivity index (χ1n) is 9.06. The second kappa shape index (κ2) is 9.92. The van der Waals surface area contributed by atoms with E-state index >= 15 is 0 Å². The molecule has 1 aliphatic carbocycles. The Morgan fingerprint density at radius 2 is 2.18 bits per heavy atom. The standard InChI is InChI=1S/C17H27N6O4S/c1-9(2)7-13(15(19)25)22-17-20-8-12(14(18)24)16(23-17)21-10-3-5-11(6-4-10)28(26)27/h3,8-9,11,13,15H,4-7,19H2,1-2H3,(H2,18,24)(H,26,27)(H2,20,21,22,23)/q-1/p-1. The van der Waals surface area contributed by atoms with Gasteiger partial charge in [0, 0.05) is 23.2 Å². The van der Waals surface area contributed by atoms with E-state index in [0.29, 0.717) is 25.7 Å². The minimum Gasteiger partial charge on any atom is -0.839 e. The van der Waals surface area contributed by atoms with Crippen LogP contribution in [0.25, 0.3) is 0 Å². The smallest absolute Gasteiger partial charge is 0.254 e. The number of nitrogens with zero attached hydrogens (tertiary/aromatic N) is 2. The van der Waals surface area contributed by atoms with Crippen LogP contribution in [0.15, 0.2) is 18.0 Å². The Hall–Kier alpha value is -2.08. The summed E-state index contributed by atoms with van der Waals surface area (Å²) in [5.74, 6) is -0.116. The van der Waals surface area contributed by atoms with Crippen molar-refractivity contribution >= 4 is 28.8 Å². The van der Waals surface area contributed by atoms with Gasteiger partial charge in [-0.15, -0.1) is 0 Å². The van der Waals surface area contributed by atoms with Gasteiger partial charge < -0.3 is 31.8 Å². The van der Waals surface area contributed by atoms with Crippen LogP contribution < -0.4 is 27.2 Å². The van der Waals surface area contributed by atoms with Gasteiger partial charge in [-0.3, -0.25) is 9.00 Å². The molecule has 4 unspecified atom stereocenters.